The number of ketones is 1. The van der Waals surface area contributed by atoms with Crippen LogP contribution in [0.2, 0.25) is 0 Å². The van der Waals surface area contributed by atoms with Crippen molar-refractivity contribution < 1.29 is 14.7 Å². The number of aliphatic hydroxyl groups excluding tert-OH is 1. The van der Waals surface area contributed by atoms with E-state index in [1.165, 1.54) is 0 Å². The van der Waals surface area contributed by atoms with Crippen LogP contribution in [0.25, 0.3) is 5.76 Å². The Balaban J connectivity index is 1.76. The van der Waals surface area contributed by atoms with E-state index in [1.54, 1.807) is 48.5 Å². The fourth-order valence-corrected chi connectivity index (χ4v) is 4.28. The summed E-state index contributed by atoms with van der Waals surface area (Å²) in [6.45, 7) is 0. The highest BCUT2D eigenvalue weighted by Gasteiger charge is 2.48. The maximum absolute atomic E-state index is 13.7. The molecule has 0 aliphatic carbocycles. The van der Waals surface area contributed by atoms with E-state index >= 15 is 0 Å². The molecule has 4 aromatic carbocycles. The van der Waals surface area contributed by atoms with Gasteiger partial charge in [0.15, 0.2) is 5.54 Å². The smallest absolute Gasteiger partial charge is 0.262 e. The molecule has 1 amide bonds. The van der Waals surface area contributed by atoms with Crippen molar-refractivity contribution >= 4 is 23.3 Å². The van der Waals surface area contributed by atoms with E-state index in [1.807, 2.05) is 72.8 Å². The van der Waals surface area contributed by atoms with Crippen LogP contribution >= 0.6 is 0 Å². The molecule has 1 aliphatic heterocycles. The van der Waals surface area contributed by atoms with Crippen LogP contribution in [-0.2, 0) is 10.3 Å². The zero-order valence-electron chi connectivity index (χ0n) is 18.8. The van der Waals surface area contributed by atoms with Crippen molar-refractivity contribution in [1.82, 2.24) is 5.32 Å². The quantitative estimate of drug-likeness (QED) is 0.233. The van der Waals surface area contributed by atoms with E-state index in [9.17, 15) is 14.7 Å². The van der Waals surface area contributed by atoms with Crippen LogP contribution in [0.5, 0.6) is 0 Å². The molecule has 5 rings (SSSR count). The number of aliphatic hydroxyl groups is 1. The number of rotatable bonds is 6. The molecule has 0 bridgehead atoms. The summed E-state index contributed by atoms with van der Waals surface area (Å²) in [5, 5.41) is 14.1. The Labute approximate surface area is 203 Å². The average molecular weight is 459 g/mol. The zero-order chi connectivity index (χ0) is 24.3. The monoisotopic (exact) mass is 458 g/mol. The van der Waals surface area contributed by atoms with Gasteiger partial charge in [-0.1, -0.05) is 121 Å². The van der Waals surface area contributed by atoms with Crippen molar-refractivity contribution in [3.05, 3.63) is 149 Å². The van der Waals surface area contributed by atoms with Crippen LogP contribution in [0.4, 0.5) is 0 Å². The third kappa shape index (κ3) is 3.93. The predicted molar refractivity (Wildman–Crippen MR) is 136 cm³/mol. The molecule has 0 saturated carbocycles. The van der Waals surface area contributed by atoms with Gasteiger partial charge in [0.25, 0.3) is 5.91 Å². The number of amidine groups is 1. The lowest BCUT2D eigenvalue weighted by Crippen LogP contribution is -2.39. The molecule has 0 fully saturated rings. The van der Waals surface area contributed by atoms with Crippen LogP contribution in [-0.4, -0.2) is 22.6 Å². The van der Waals surface area contributed by atoms with Gasteiger partial charge in [0.2, 0.25) is 5.78 Å². The molecular formula is C30H22N2O3. The fourth-order valence-electron chi connectivity index (χ4n) is 4.28. The number of hydrogen-bond acceptors (Lipinski definition) is 4. The fraction of sp³-hybridized carbons (Fsp3) is 0.0333. The van der Waals surface area contributed by atoms with Crippen molar-refractivity contribution in [2.75, 3.05) is 0 Å². The molecule has 170 valence electrons. The second-order valence-corrected chi connectivity index (χ2v) is 8.14. The molecule has 35 heavy (non-hydrogen) atoms. The SMILES string of the molecule is O=C(/C(C1=NC(c2ccccc2)(c2ccccc2)C(=O)N1)=C(\O)c1ccccc1)c1ccccc1. The van der Waals surface area contributed by atoms with Gasteiger partial charge in [0, 0.05) is 11.1 Å². The third-order valence-corrected chi connectivity index (χ3v) is 6.01. The van der Waals surface area contributed by atoms with Crippen LogP contribution in [0.1, 0.15) is 27.0 Å². The van der Waals surface area contributed by atoms with E-state index in [2.05, 4.69) is 5.32 Å². The number of nitrogens with zero attached hydrogens (tertiary/aromatic N) is 1. The van der Waals surface area contributed by atoms with Gasteiger partial charge < -0.3 is 10.4 Å². The van der Waals surface area contributed by atoms with Crippen LogP contribution in [0.3, 0.4) is 0 Å². The lowest BCUT2D eigenvalue weighted by molar-refractivity contribution is -0.122. The first-order valence-electron chi connectivity index (χ1n) is 11.2. The summed E-state index contributed by atoms with van der Waals surface area (Å²) in [6.07, 6.45) is 0. The Morgan fingerprint density at radius 1 is 0.657 bits per heavy atom. The topological polar surface area (TPSA) is 78.8 Å². The van der Waals surface area contributed by atoms with Crippen molar-refractivity contribution in [2.45, 2.75) is 5.54 Å². The summed E-state index contributed by atoms with van der Waals surface area (Å²) < 4.78 is 0. The van der Waals surface area contributed by atoms with Crippen molar-refractivity contribution in [1.29, 1.82) is 0 Å². The first kappa shape index (κ1) is 22.0. The summed E-state index contributed by atoms with van der Waals surface area (Å²) in [6, 6.07) is 35.8. The maximum atomic E-state index is 13.7. The largest absolute Gasteiger partial charge is 0.506 e. The van der Waals surface area contributed by atoms with Gasteiger partial charge in [0.05, 0.1) is 0 Å². The minimum Gasteiger partial charge on any atom is -0.506 e. The molecule has 1 aliphatic rings. The predicted octanol–water partition coefficient (Wildman–Crippen LogP) is 5.31. The molecule has 2 N–H and O–H groups in total. The Morgan fingerprint density at radius 2 is 1.09 bits per heavy atom. The molecule has 0 spiro atoms. The van der Waals surface area contributed by atoms with Gasteiger partial charge in [0.1, 0.15) is 17.2 Å². The number of amides is 1. The average Bonchev–Trinajstić information content (AvgIpc) is 3.28. The summed E-state index contributed by atoms with van der Waals surface area (Å²) in [7, 11) is 0. The van der Waals surface area contributed by atoms with Crippen molar-refractivity contribution in [3.63, 3.8) is 0 Å². The van der Waals surface area contributed by atoms with E-state index in [0.29, 0.717) is 22.3 Å². The second-order valence-electron chi connectivity index (χ2n) is 8.14. The highest BCUT2D eigenvalue weighted by molar-refractivity contribution is 6.34. The molecule has 5 nitrogen and oxygen atoms in total. The standard InChI is InChI=1S/C30H22N2O3/c33-26(21-13-5-1-6-14-21)25(27(34)22-15-7-2-8-16-22)28-31-29(35)30(32-28,23-17-9-3-10-18-23)24-19-11-4-12-20-24/h1-20,33H,(H,31,32,35)/b26-25+. The number of aliphatic imine (C=N–C) groups is 1. The first-order chi connectivity index (χ1) is 17.1. The zero-order valence-corrected chi connectivity index (χ0v) is 18.8. The number of nitrogens with one attached hydrogen (secondary N) is 1. The first-order valence-corrected chi connectivity index (χ1v) is 11.2. The molecule has 1 heterocycles. The van der Waals surface area contributed by atoms with Gasteiger partial charge in [-0.2, -0.15) is 0 Å². The number of benzene rings is 4. The molecule has 5 heteroatoms. The Hall–Kier alpha value is -4.77. The highest BCUT2D eigenvalue weighted by atomic mass is 16.3. The van der Waals surface area contributed by atoms with Crippen LogP contribution in [0.15, 0.2) is 132 Å². The maximum Gasteiger partial charge on any atom is 0.262 e. The van der Waals surface area contributed by atoms with Crippen molar-refractivity contribution in [3.8, 4) is 0 Å². The molecule has 4 aromatic rings. The number of carbonyl (C=O) groups excluding carboxylic acids is 2. The van der Waals surface area contributed by atoms with Crippen LogP contribution in [0, 0.1) is 0 Å². The Kier molecular flexibility index (Phi) is 5.81. The lowest BCUT2D eigenvalue weighted by atomic mass is 9.83. The Bertz CT molecular complexity index is 1390. The van der Waals surface area contributed by atoms with Gasteiger partial charge in [-0.15, -0.1) is 0 Å². The Morgan fingerprint density at radius 3 is 1.57 bits per heavy atom. The van der Waals surface area contributed by atoms with Crippen molar-refractivity contribution in [2.24, 2.45) is 4.99 Å². The second kappa shape index (κ2) is 9.23. The third-order valence-electron chi connectivity index (χ3n) is 6.01. The minimum absolute atomic E-state index is 0.0258. The number of Topliss-reactive ketones (excluding diaryl/α,β-unsaturated/α-hetero) is 1. The number of carbonyl (C=O) groups is 2. The summed E-state index contributed by atoms with van der Waals surface area (Å²) in [4.78, 5) is 32.2. The lowest BCUT2D eigenvalue weighted by Gasteiger charge is -2.24. The summed E-state index contributed by atoms with van der Waals surface area (Å²) in [5.74, 6) is -1.07. The molecule has 0 atom stereocenters. The number of hydrogen-bond donors (Lipinski definition) is 2. The van der Waals surface area contributed by atoms with E-state index < -0.39 is 17.2 Å². The van der Waals surface area contributed by atoms with Gasteiger partial charge in [-0.25, -0.2) is 4.99 Å². The highest BCUT2D eigenvalue weighted by Crippen LogP contribution is 2.38. The molecule has 0 aromatic heterocycles. The van der Waals surface area contributed by atoms with Gasteiger partial charge >= 0.3 is 0 Å². The van der Waals surface area contributed by atoms with Crippen LogP contribution < -0.4 is 5.32 Å². The molecular weight excluding hydrogens is 436 g/mol. The molecule has 0 unspecified atom stereocenters. The summed E-state index contributed by atoms with van der Waals surface area (Å²) in [5.41, 5.74) is 0.662. The van der Waals surface area contributed by atoms with Gasteiger partial charge in [-0.05, 0) is 11.1 Å². The van der Waals surface area contributed by atoms with Gasteiger partial charge in [-0.3, -0.25) is 9.59 Å². The van der Waals surface area contributed by atoms with E-state index in [0.717, 1.165) is 0 Å². The van der Waals surface area contributed by atoms with E-state index in [-0.39, 0.29) is 17.2 Å². The van der Waals surface area contributed by atoms with E-state index in [4.69, 9.17) is 4.99 Å². The molecule has 0 saturated heterocycles. The summed E-state index contributed by atoms with van der Waals surface area (Å²) >= 11 is 0. The molecule has 0 radical (unpaired) electrons. The minimum atomic E-state index is -1.41. The normalized spacial score (nSPS) is 15.1.